The van der Waals surface area contributed by atoms with Crippen LogP contribution in [0.2, 0.25) is 0 Å². The summed E-state index contributed by atoms with van der Waals surface area (Å²) < 4.78 is 10.7. The van der Waals surface area contributed by atoms with Crippen LogP contribution in [0, 0.1) is 0 Å². The lowest BCUT2D eigenvalue weighted by molar-refractivity contribution is 0.0955. The van der Waals surface area contributed by atoms with E-state index in [2.05, 4.69) is 10.5 Å². The molecule has 2 aromatic carbocycles. The van der Waals surface area contributed by atoms with Crippen molar-refractivity contribution >= 4 is 12.1 Å². The fourth-order valence-corrected chi connectivity index (χ4v) is 1.88. The van der Waals surface area contributed by atoms with Gasteiger partial charge in [0.25, 0.3) is 5.91 Å². The lowest BCUT2D eigenvalue weighted by Gasteiger charge is -2.06. The molecule has 0 radical (unpaired) electrons. The molecule has 0 atom stereocenters. The molecular formula is C18H14N2O3. The number of carbonyl (C=O) groups is 1. The highest BCUT2D eigenvalue weighted by Crippen LogP contribution is 2.21. The van der Waals surface area contributed by atoms with Crippen LogP contribution >= 0.6 is 0 Å². The predicted molar refractivity (Wildman–Crippen MR) is 86.7 cm³/mol. The van der Waals surface area contributed by atoms with Crippen molar-refractivity contribution in [2.75, 3.05) is 0 Å². The van der Waals surface area contributed by atoms with E-state index in [1.165, 1.54) is 12.5 Å². The van der Waals surface area contributed by atoms with Gasteiger partial charge in [-0.3, -0.25) is 4.79 Å². The Kier molecular flexibility index (Phi) is 4.49. The van der Waals surface area contributed by atoms with Crippen LogP contribution < -0.4 is 10.2 Å². The molecule has 0 aliphatic carbocycles. The van der Waals surface area contributed by atoms with E-state index in [4.69, 9.17) is 9.15 Å². The zero-order valence-electron chi connectivity index (χ0n) is 12.2. The third-order valence-electron chi connectivity index (χ3n) is 3.00. The number of furan rings is 1. The summed E-state index contributed by atoms with van der Waals surface area (Å²) in [7, 11) is 0. The molecule has 0 bridgehead atoms. The van der Waals surface area contributed by atoms with Crippen molar-refractivity contribution in [1.82, 2.24) is 5.43 Å². The van der Waals surface area contributed by atoms with Gasteiger partial charge in [-0.1, -0.05) is 18.2 Å². The van der Waals surface area contributed by atoms with E-state index < -0.39 is 0 Å². The second-order valence-electron chi connectivity index (χ2n) is 4.65. The Morgan fingerprint density at radius 2 is 1.70 bits per heavy atom. The summed E-state index contributed by atoms with van der Waals surface area (Å²) in [5.74, 6) is 1.66. The molecule has 0 saturated heterocycles. The van der Waals surface area contributed by atoms with Crippen molar-refractivity contribution in [3.63, 3.8) is 0 Å². The minimum Gasteiger partial charge on any atom is -0.463 e. The Balaban J connectivity index is 1.59. The molecule has 1 amide bonds. The summed E-state index contributed by atoms with van der Waals surface area (Å²) in [5, 5.41) is 3.83. The van der Waals surface area contributed by atoms with Gasteiger partial charge in [-0.15, -0.1) is 0 Å². The first kappa shape index (κ1) is 14.6. The topological polar surface area (TPSA) is 63.8 Å². The highest BCUT2D eigenvalue weighted by atomic mass is 16.5. The third kappa shape index (κ3) is 4.07. The van der Waals surface area contributed by atoms with E-state index >= 15 is 0 Å². The number of hydrogen-bond acceptors (Lipinski definition) is 4. The fourth-order valence-electron chi connectivity index (χ4n) is 1.88. The lowest BCUT2D eigenvalue weighted by Crippen LogP contribution is -2.17. The molecule has 5 heteroatoms. The second-order valence-corrected chi connectivity index (χ2v) is 4.65. The minimum absolute atomic E-state index is 0.306. The minimum atomic E-state index is -0.306. The second kappa shape index (κ2) is 7.09. The summed E-state index contributed by atoms with van der Waals surface area (Å²) >= 11 is 0. The molecule has 3 rings (SSSR count). The van der Waals surface area contributed by atoms with Gasteiger partial charge in [0.2, 0.25) is 0 Å². The molecule has 23 heavy (non-hydrogen) atoms. The number of para-hydroxylation sites is 1. The SMILES string of the molecule is O=C(N/N=C/c1ccco1)c1ccc(Oc2ccccc2)cc1. The molecular weight excluding hydrogens is 292 g/mol. The van der Waals surface area contributed by atoms with E-state index in [1.54, 1.807) is 36.4 Å². The van der Waals surface area contributed by atoms with Crippen LogP contribution in [-0.2, 0) is 0 Å². The number of rotatable bonds is 5. The van der Waals surface area contributed by atoms with Crippen molar-refractivity contribution in [3.8, 4) is 11.5 Å². The van der Waals surface area contributed by atoms with Crippen LogP contribution in [0.4, 0.5) is 0 Å². The maximum atomic E-state index is 11.9. The van der Waals surface area contributed by atoms with Gasteiger partial charge >= 0.3 is 0 Å². The summed E-state index contributed by atoms with van der Waals surface area (Å²) in [4.78, 5) is 11.9. The van der Waals surface area contributed by atoms with Gasteiger partial charge in [0.1, 0.15) is 17.3 Å². The van der Waals surface area contributed by atoms with Gasteiger partial charge in [-0.25, -0.2) is 5.43 Å². The van der Waals surface area contributed by atoms with Gasteiger partial charge in [0.15, 0.2) is 0 Å². The average molecular weight is 306 g/mol. The fraction of sp³-hybridized carbons (Fsp3) is 0. The number of nitrogens with zero attached hydrogens (tertiary/aromatic N) is 1. The first-order valence-corrected chi connectivity index (χ1v) is 7.01. The molecule has 114 valence electrons. The van der Waals surface area contributed by atoms with Crippen LogP contribution in [-0.4, -0.2) is 12.1 Å². The van der Waals surface area contributed by atoms with Crippen molar-refractivity contribution in [2.45, 2.75) is 0 Å². The van der Waals surface area contributed by atoms with Crippen molar-refractivity contribution in [1.29, 1.82) is 0 Å². The number of ether oxygens (including phenoxy) is 1. The molecule has 0 aliphatic rings. The molecule has 0 saturated carbocycles. The summed E-state index contributed by atoms with van der Waals surface area (Å²) in [6, 6.07) is 19.8. The monoisotopic (exact) mass is 306 g/mol. The molecule has 1 aromatic heterocycles. The number of nitrogens with one attached hydrogen (secondary N) is 1. The Morgan fingerprint density at radius 1 is 0.957 bits per heavy atom. The van der Waals surface area contributed by atoms with Crippen LogP contribution in [0.15, 0.2) is 82.5 Å². The van der Waals surface area contributed by atoms with Gasteiger partial charge in [-0.2, -0.15) is 5.10 Å². The molecule has 0 spiro atoms. The number of carbonyl (C=O) groups excluding carboxylic acids is 1. The predicted octanol–water partition coefficient (Wildman–Crippen LogP) is 3.84. The molecule has 3 aromatic rings. The maximum Gasteiger partial charge on any atom is 0.271 e. The lowest BCUT2D eigenvalue weighted by atomic mass is 10.2. The van der Waals surface area contributed by atoms with Gasteiger partial charge in [0, 0.05) is 5.56 Å². The maximum absolute atomic E-state index is 11.9. The van der Waals surface area contributed by atoms with E-state index in [0.29, 0.717) is 17.1 Å². The third-order valence-corrected chi connectivity index (χ3v) is 3.00. The van der Waals surface area contributed by atoms with Crippen molar-refractivity contribution in [3.05, 3.63) is 84.3 Å². The Morgan fingerprint density at radius 3 is 2.39 bits per heavy atom. The molecule has 0 fully saturated rings. The number of hydrazone groups is 1. The number of benzene rings is 2. The normalized spacial score (nSPS) is 10.6. The van der Waals surface area contributed by atoms with Gasteiger partial charge < -0.3 is 9.15 Å². The van der Waals surface area contributed by atoms with Gasteiger partial charge in [0.05, 0.1) is 12.5 Å². The van der Waals surface area contributed by atoms with Crippen LogP contribution in [0.3, 0.4) is 0 Å². The standard InChI is InChI=1S/C18H14N2O3/c21-18(20-19-13-17-7-4-12-22-17)14-8-10-16(11-9-14)23-15-5-2-1-3-6-15/h1-13H,(H,20,21)/b19-13+. The highest BCUT2D eigenvalue weighted by molar-refractivity contribution is 5.94. The zero-order valence-corrected chi connectivity index (χ0v) is 12.2. The van der Waals surface area contributed by atoms with Crippen LogP contribution in [0.1, 0.15) is 16.1 Å². The average Bonchev–Trinajstić information content (AvgIpc) is 3.10. The Bertz CT molecular complexity index is 779. The van der Waals surface area contributed by atoms with Crippen molar-refractivity contribution in [2.24, 2.45) is 5.10 Å². The number of hydrogen-bond donors (Lipinski definition) is 1. The Hall–Kier alpha value is -3.34. The highest BCUT2D eigenvalue weighted by Gasteiger charge is 2.05. The van der Waals surface area contributed by atoms with Crippen LogP contribution in [0.5, 0.6) is 11.5 Å². The summed E-state index contributed by atoms with van der Waals surface area (Å²) in [6.07, 6.45) is 2.97. The van der Waals surface area contributed by atoms with Crippen LogP contribution in [0.25, 0.3) is 0 Å². The molecule has 5 nitrogen and oxygen atoms in total. The molecule has 1 N–H and O–H groups in total. The van der Waals surface area contributed by atoms with E-state index in [1.807, 2.05) is 30.3 Å². The Labute approximate surface area is 133 Å². The smallest absolute Gasteiger partial charge is 0.271 e. The molecule has 0 aliphatic heterocycles. The molecule has 0 unspecified atom stereocenters. The first-order chi connectivity index (χ1) is 11.3. The number of amides is 1. The van der Waals surface area contributed by atoms with Gasteiger partial charge in [-0.05, 0) is 48.5 Å². The quantitative estimate of drug-likeness (QED) is 0.575. The van der Waals surface area contributed by atoms with E-state index in [-0.39, 0.29) is 5.91 Å². The van der Waals surface area contributed by atoms with E-state index in [9.17, 15) is 4.79 Å². The van der Waals surface area contributed by atoms with E-state index in [0.717, 1.165) is 5.75 Å². The van der Waals surface area contributed by atoms with Crippen molar-refractivity contribution < 1.29 is 13.9 Å². The first-order valence-electron chi connectivity index (χ1n) is 7.01. The zero-order chi connectivity index (χ0) is 15.9. The molecule has 1 heterocycles. The summed E-state index contributed by atoms with van der Waals surface area (Å²) in [6.45, 7) is 0. The largest absolute Gasteiger partial charge is 0.463 e. The summed E-state index contributed by atoms with van der Waals surface area (Å²) in [5.41, 5.74) is 2.92.